The van der Waals surface area contributed by atoms with Gasteiger partial charge in [-0.3, -0.25) is 0 Å². The number of hydrogen-bond acceptors (Lipinski definition) is 2. The number of thiol groups is 2. The van der Waals surface area contributed by atoms with Crippen molar-refractivity contribution in [2.75, 3.05) is 31.3 Å². The smallest absolute Gasteiger partial charge is 0.00189 e. The SMILES string of the molecule is CSN([SH](C)C)[SH](C)C. The first-order valence-corrected chi connectivity index (χ1v) is 8.34. The Labute approximate surface area is 68.7 Å². The Balaban J connectivity index is 3.68. The first kappa shape index (κ1) is 10.0. The van der Waals surface area contributed by atoms with Crippen LogP contribution in [0.1, 0.15) is 0 Å². The summed E-state index contributed by atoms with van der Waals surface area (Å²) in [5.74, 6) is 0. The highest BCUT2D eigenvalue weighted by Gasteiger charge is 2.04. The van der Waals surface area contributed by atoms with Crippen molar-refractivity contribution in [3.8, 4) is 0 Å². The first-order chi connectivity index (χ1) is 4.09. The van der Waals surface area contributed by atoms with Gasteiger partial charge in [0.15, 0.2) is 0 Å². The second kappa shape index (κ2) is 4.77. The van der Waals surface area contributed by atoms with Gasteiger partial charge in [0.25, 0.3) is 0 Å². The summed E-state index contributed by atoms with van der Waals surface area (Å²) in [4.78, 5) is 0. The van der Waals surface area contributed by atoms with Crippen LogP contribution in [0.5, 0.6) is 0 Å². The third-order valence-electron chi connectivity index (χ3n) is 0.848. The van der Waals surface area contributed by atoms with Crippen molar-refractivity contribution in [1.29, 1.82) is 0 Å². The van der Waals surface area contributed by atoms with Gasteiger partial charge in [-0.2, -0.15) is 25.3 Å². The van der Waals surface area contributed by atoms with E-state index in [1.54, 1.807) is 0 Å². The molecule has 0 rings (SSSR count). The van der Waals surface area contributed by atoms with Crippen LogP contribution in [-0.4, -0.2) is 34.4 Å². The molecule has 0 spiro atoms. The second-order valence-electron chi connectivity index (χ2n) is 2.13. The minimum atomic E-state index is 0.122. The molecule has 0 aliphatic rings. The molecule has 0 heterocycles. The highest BCUT2D eigenvalue weighted by molar-refractivity contribution is 8.36. The van der Waals surface area contributed by atoms with Gasteiger partial charge < -0.3 is 0 Å². The van der Waals surface area contributed by atoms with Crippen LogP contribution < -0.4 is 0 Å². The van der Waals surface area contributed by atoms with Crippen molar-refractivity contribution in [2.45, 2.75) is 0 Å². The van der Waals surface area contributed by atoms with Gasteiger partial charge in [0.2, 0.25) is 0 Å². The molecular weight excluding hydrogens is 170 g/mol. The summed E-state index contributed by atoms with van der Waals surface area (Å²) in [5, 5.41) is 0. The summed E-state index contributed by atoms with van der Waals surface area (Å²) < 4.78 is 2.50. The largest absolute Gasteiger partial charge is 0.185 e. The molecule has 0 aromatic carbocycles. The molecule has 0 N–H and O–H groups in total. The van der Waals surface area contributed by atoms with Crippen LogP contribution in [-0.2, 0) is 0 Å². The van der Waals surface area contributed by atoms with E-state index >= 15 is 0 Å². The van der Waals surface area contributed by atoms with Gasteiger partial charge in [-0.25, -0.2) is 0 Å². The summed E-state index contributed by atoms with van der Waals surface area (Å²) >= 11 is 2.12. The van der Waals surface area contributed by atoms with Gasteiger partial charge >= 0.3 is 0 Å². The van der Waals surface area contributed by atoms with E-state index in [0.29, 0.717) is 0 Å². The molecule has 0 aliphatic heterocycles. The standard InChI is InChI=1S/C5H17NS3/c1-7-6(8(2)3)9(4)5/h8-9H,1-5H3. The van der Waals surface area contributed by atoms with Crippen LogP contribution in [0, 0.1) is 0 Å². The molecule has 1 nitrogen and oxygen atoms in total. The average molecular weight is 187 g/mol. The molecule has 0 amide bonds. The molecule has 0 saturated carbocycles. The normalized spacial score (nSPS) is 14.0. The van der Waals surface area contributed by atoms with E-state index in [2.05, 4.69) is 34.4 Å². The molecule has 0 bridgehead atoms. The third-order valence-corrected chi connectivity index (χ3v) is 7.63. The molecule has 0 aromatic rings. The molecule has 0 aliphatic carbocycles. The average Bonchev–Trinajstić information content (AvgIpc) is 1.64. The number of hydrogen-bond donors (Lipinski definition) is 2. The summed E-state index contributed by atoms with van der Waals surface area (Å²) in [6, 6.07) is 0. The zero-order chi connectivity index (χ0) is 7.44. The zero-order valence-corrected chi connectivity index (χ0v) is 9.36. The van der Waals surface area contributed by atoms with Gasteiger partial charge in [0, 0.05) is 0 Å². The fourth-order valence-corrected chi connectivity index (χ4v) is 6.16. The Bertz CT molecular complexity index is 66.6. The third kappa shape index (κ3) is 3.65. The van der Waals surface area contributed by atoms with Gasteiger partial charge in [-0.1, -0.05) is 11.9 Å². The molecule has 4 heteroatoms. The van der Waals surface area contributed by atoms with Crippen LogP contribution in [0.3, 0.4) is 0 Å². The molecule has 0 atom stereocenters. The van der Waals surface area contributed by atoms with Crippen molar-refractivity contribution in [3.63, 3.8) is 0 Å². The van der Waals surface area contributed by atoms with Crippen molar-refractivity contribution in [1.82, 2.24) is 3.12 Å². The minimum Gasteiger partial charge on any atom is -0.185 e. The Morgan fingerprint density at radius 3 is 1.33 bits per heavy atom. The van der Waals surface area contributed by atoms with Crippen molar-refractivity contribution in [3.05, 3.63) is 0 Å². The fraction of sp³-hybridized carbons (Fsp3) is 1.00. The van der Waals surface area contributed by atoms with Crippen LogP contribution in [0.4, 0.5) is 0 Å². The summed E-state index contributed by atoms with van der Waals surface area (Å²) in [5.41, 5.74) is 0. The van der Waals surface area contributed by atoms with E-state index in [0.717, 1.165) is 0 Å². The molecule has 9 heavy (non-hydrogen) atoms. The summed E-state index contributed by atoms with van der Waals surface area (Å²) in [6.45, 7) is 0. The Hall–Kier alpha value is 1.01. The van der Waals surface area contributed by atoms with Gasteiger partial charge in [-0.15, -0.1) is 0 Å². The minimum absolute atomic E-state index is 0.122. The number of rotatable bonds is 3. The quantitative estimate of drug-likeness (QED) is 0.513. The molecule has 0 aromatic heterocycles. The zero-order valence-electron chi connectivity index (χ0n) is 6.75. The molecule has 0 radical (unpaired) electrons. The lowest BCUT2D eigenvalue weighted by Crippen LogP contribution is -2.04. The predicted molar refractivity (Wildman–Crippen MR) is 57.0 cm³/mol. The van der Waals surface area contributed by atoms with E-state index in [1.165, 1.54) is 0 Å². The van der Waals surface area contributed by atoms with Crippen LogP contribution in [0.25, 0.3) is 0 Å². The molecule has 0 fully saturated rings. The Morgan fingerprint density at radius 2 is 1.33 bits per heavy atom. The second-order valence-corrected chi connectivity index (χ2v) is 7.91. The maximum Gasteiger partial charge on any atom is -0.00189 e. The summed E-state index contributed by atoms with van der Waals surface area (Å²) in [6.07, 6.45) is 11.4. The van der Waals surface area contributed by atoms with E-state index in [9.17, 15) is 0 Å². The Morgan fingerprint density at radius 1 is 1.00 bits per heavy atom. The lowest BCUT2D eigenvalue weighted by Gasteiger charge is -2.32. The maximum atomic E-state index is 2.50. The predicted octanol–water partition coefficient (Wildman–Crippen LogP) is 1.92. The first-order valence-electron chi connectivity index (χ1n) is 2.78. The highest BCUT2D eigenvalue weighted by Crippen LogP contribution is 2.41. The van der Waals surface area contributed by atoms with Crippen molar-refractivity contribution < 1.29 is 0 Å². The van der Waals surface area contributed by atoms with E-state index in [4.69, 9.17) is 0 Å². The monoisotopic (exact) mass is 187 g/mol. The van der Waals surface area contributed by atoms with Crippen LogP contribution in [0.15, 0.2) is 0 Å². The number of nitrogens with zero attached hydrogens (tertiary/aromatic N) is 1. The highest BCUT2D eigenvalue weighted by atomic mass is 32.3. The molecule has 60 valence electrons. The molecular formula is C5H17NS3. The van der Waals surface area contributed by atoms with Gasteiger partial charge in [0.1, 0.15) is 0 Å². The molecule has 0 unspecified atom stereocenters. The van der Waals surface area contributed by atoms with E-state index in [-0.39, 0.29) is 22.2 Å². The fourth-order valence-electron chi connectivity index (χ4n) is 0.684. The summed E-state index contributed by atoms with van der Waals surface area (Å²) in [7, 11) is 0. The van der Waals surface area contributed by atoms with Gasteiger partial charge in [0.05, 0.1) is 0 Å². The van der Waals surface area contributed by atoms with Crippen molar-refractivity contribution in [2.24, 2.45) is 0 Å². The lowest BCUT2D eigenvalue weighted by molar-refractivity contribution is 1.26. The van der Waals surface area contributed by atoms with Gasteiger partial charge in [-0.05, 0) is 31.3 Å². The molecule has 0 saturated heterocycles. The lowest BCUT2D eigenvalue weighted by atomic mass is 11.9. The van der Waals surface area contributed by atoms with Crippen LogP contribution >= 0.6 is 34.1 Å². The van der Waals surface area contributed by atoms with Crippen molar-refractivity contribution >= 4 is 34.1 Å². The van der Waals surface area contributed by atoms with E-state index in [1.807, 2.05) is 11.9 Å². The topological polar surface area (TPSA) is 3.24 Å². The Kier molecular flexibility index (Phi) is 5.30. The van der Waals surface area contributed by atoms with Crippen LogP contribution in [0.2, 0.25) is 0 Å². The maximum absolute atomic E-state index is 2.50. The van der Waals surface area contributed by atoms with E-state index < -0.39 is 0 Å².